The molecule has 2 aliphatic rings. The van der Waals surface area contributed by atoms with Crippen LogP contribution in [0.15, 0.2) is 145 Å². The minimum absolute atomic E-state index is 0.125. The van der Waals surface area contributed by atoms with Gasteiger partial charge in [-0.15, -0.1) is 0 Å². The molecule has 304 valence electrons. The molecule has 2 amide bonds. The molecule has 4 atom stereocenters. The van der Waals surface area contributed by atoms with Gasteiger partial charge in [0.25, 0.3) is 8.32 Å². The molecule has 7 nitrogen and oxygen atoms in total. The van der Waals surface area contributed by atoms with Crippen molar-refractivity contribution in [2.45, 2.75) is 65.0 Å². The number of aromatic hydroxyl groups is 1. The number of imide groups is 1. The zero-order valence-corrected chi connectivity index (χ0v) is 35.6. The molecule has 0 spiro atoms. The third-order valence-corrected chi connectivity index (χ3v) is 17.3. The third-order valence-electron chi connectivity index (χ3n) is 12.3. The largest absolute Gasteiger partial charge is 0.507 e. The zero-order chi connectivity index (χ0) is 41.9. The molecular formula is C51H55NO6Si. The van der Waals surface area contributed by atoms with E-state index >= 15 is 0 Å². The van der Waals surface area contributed by atoms with Crippen molar-refractivity contribution in [3.63, 3.8) is 0 Å². The summed E-state index contributed by atoms with van der Waals surface area (Å²) in [4.78, 5) is 30.0. The van der Waals surface area contributed by atoms with Crippen molar-refractivity contribution in [2.24, 2.45) is 17.8 Å². The number of anilines is 1. The molecular weight excluding hydrogens is 751 g/mol. The van der Waals surface area contributed by atoms with Crippen LogP contribution in [-0.2, 0) is 14.0 Å². The molecule has 0 unspecified atom stereocenters. The van der Waals surface area contributed by atoms with Gasteiger partial charge in [0.15, 0.2) is 0 Å². The van der Waals surface area contributed by atoms with Crippen LogP contribution in [0.2, 0.25) is 5.04 Å². The molecule has 8 heteroatoms. The number of allylic oxidation sites excluding steroid dienone is 1. The molecule has 1 fully saturated rings. The Bertz CT molecular complexity index is 2270. The molecule has 5 aromatic carbocycles. The molecule has 1 saturated heterocycles. The van der Waals surface area contributed by atoms with Crippen LogP contribution in [0, 0.1) is 31.6 Å². The van der Waals surface area contributed by atoms with E-state index in [1.54, 1.807) is 24.3 Å². The van der Waals surface area contributed by atoms with E-state index in [4.69, 9.17) is 4.43 Å². The van der Waals surface area contributed by atoms with Gasteiger partial charge in [-0.1, -0.05) is 136 Å². The van der Waals surface area contributed by atoms with Gasteiger partial charge in [-0.2, -0.15) is 0 Å². The van der Waals surface area contributed by atoms with Crippen molar-refractivity contribution in [1.82, 2.24) is 0 Å². The van der Waals surface area contributed by atoms with Gasteiger partial charge in [-0.05, 0) is 112 Å². The number of hydrogen-bond donors (Lipinski definition) is 3. The van der Waals surface area contributed by atoms with Crippen LogP contribution in [0.5, 0.6) is 5.75 Å². The number of hydrogen-bond acceptors (Lipinski definition) is 6. The lowest BCUT2D eigenvalue weighted by Crippen LogP contribution is -2.66. The second-order valence-electron chi connectivity index (χ2n) is 17.1. The number of aliphatic hydroxyl groups is 2. The Morgan fingerprint density at radius 1 is 0.814 bits per heavy atom. The molecule has 1 aliphatic carbocycles. The molecule has 0 bridgehead atoms. The topological polar surface area (TPSA) is 107 Å². The predicted molar refractivity (Wildman–Crippen MR) is 239 cm³/mol. The summed E-state index contributed by atoms with van der Waals surface area (Å²) in [6, 6.07) is 43.6. The highest BCUT2D eigenvalue weighted by Gasteiger charge is 2.56. The Morgan fingerprint density at radius 3 is 1.86 bits per heavy atom. The molecule has 1 heterocycles. The smallest absolute Gasteiger partial charge is 0.261 e. The number of fused-ring (bicyclic) bond motifs is 1. The number of carbonyl (C=O) groups is 2. The summed E-state index contributed by atoms with van der Waals surface area (Å²) < 4.78 is 7.45. The number of aryl methyl sites for hydroxylation is 2. The van der Waals surface area contributed by atoms with Crippen LogP contribution in [0.1, 0.15) is 62.3 Å². The van der Waals surface area contributed by atoms with Crippen molar-refractivity contribution < 1.29 is 29.3 Å². The van der Waals surface area contributed by atoms with E-state index in [0.717, 1.165) is 43.8 Å². The number of aliphatic hydroxyl groups excluding tert-OH is 2. The number of carbonyl (C=O) groups excluding carboxylic acids is 2. The SMILES string of the molecule is Cc1cc(/C=C(/CC[C@@H](O)C2=C(CO[Si](c3ccccc3)(c3ccccc3)C(C)(C)C)C[C@H]3C(=O)N(c4ccccc4)C(=O)[C@H]3[C@H]2CO)c2ccccc2)cc(C)c1O. The van der Waals surface area contributed by atoms with Gasteiger partial charge in [0.05, 0.1) is 36.8 Å². The Morgan fingerprint density at radius 2 is 1.34 bits per heavy atom. The number of amides is 2. The van der Waals surface area contributed by atoms with Gasteiger partial charge in [0, 0.05) is 5.92 Å². The fourth-order valence-corrected chi connectivity index (χ4v) is 14.1. The predicted octanol–water partition coefficient (Wildman–Crippen LogP) is 8.38. The van der Waals surface area contributed by atoms with Gasteiger partial charge in [-0.3, -0.25) is 14.5 Å². The van der Waals surface area contributed by atoms with Crippen LogP contribution in [0.3, 0.4) is 0 Å². The van der Waals surface area contributed by atoms with Gasteiger partial charge in [-0.25, -0.2) is 0 Å². The van der Waals surface area contributed by atoms with Gasteiger partial charge >= 0.3 is 0 Å². The minimum atomic E-state index is -3.06. The normalized spacial score (nSPS) is 19.3. The van der Waals surface area contributed by atoms with E-state index in [1.165, 1.54) is 4.90 Å². The van der Waals surface area contributed by atoms with E-state index in [9.17, 15) is 24.9 Å². The molecule has 0 aromatic heterocycles. The maximum Gasteiger partial charge on any atom is 0.261 e. The summed E-state index contributed by atoms with van der Waals surface area (Å²) in [5.74, 6) is -2.72. The van der Waals surface area contributed by atoms with E-state index < -0.39 is 38.8 Å². The van der Waals surface area contributed by atoms with Gasteiger partial charge < -0.3 is 19.7 Å². The summed E-state index contributed by atoms with van der Waals surface area (Å²) in [5.41, 5.74) is 6.35. The Hall–Kier alpha value is -5.38. The first kappa shape index (κ1) is 41.8. The van der Waals surface area contributed by atoms with Gasteiger partial charge in [0.2, 0.25) is 11.8 Å². The number of nitrogens with zero attached hydrogens (tertiary/aromatic N) is 1. The quantitative estimate of drug-likeness (QED) is 0.0478. The highest BCUT2D eigenvalue weighted by molar-refractivity contribution is 6.99. The molecule has 3 N–H and O–H groups in total. The molecule has 5 aromatic rings. The number of phenolic OH excluding ortho intramolecular Hbond substituents is 1. The van der Waals surface area contributed by atoms with E-state index in [0.29, 0.717) is 24.1 Å². The summed E-state index contributed by atoms with van der Waals surface area (Å²) in [7, 11) is -3.06. The summed E-state index contributed by atoms with van der Waals surface area (Å²) in [6.07, 6.45) is 2.06. The van der Waals surface area contributed by atoms with Crippen molar-refractivity contribution in [3.8, 4) is 5.75 Å². The summed E-state index contributed by atoms with van der Waals surface area (Å²) in [6.45, 7) is 10.1. The van der Waals surface area contributed by atoms with Crippen LogP contribution >= 0.6 is 0 Å². The Kier molecular flexibility index (Phi) is 12.4. The second-order valence-corrected chi connectivity index (χ2v) is 21.4. The lowest BCUT2D eigenvalue weighted by Gasteiger charge is -2.44. The lowest BCUT2D eigenvalue weighted by molar-refractivity contribution is -0.123. The zero-order valence-electron chi connectivity index (χ0n) is 34.6. The molecule has 0 saturated carbocycles. The van der Waals surface area contributed by atoms with Crippen molar-refractivity contribution in [3.05, 3.63) is 167 Å². The van der Waals surface area contributed by atoms with E-state index in [2.05, 4.69) is 51.1 Å². The molecule has 1 aliphatic heterocycles. The van der Waals surface area contributed by atoms with Crippen molar-refractivity contribution in [2.75, 3.05) is 18.1 Å². The number of phenols is 1. The number of rotatable bonds is 13. The minimum Gasteiger partial charge on any atom is -0.507 e. The van der Waals surface area contributed by atoms with Crippen LogP contribution in [-0.4, -0.2) is 54.8 Å². The highest BCUT2D eigenvalue weighted by atomic mass is 28.4. The Labute approximate surface area is 349 Å². The number of benzene rings is 5. The first-order valence-corrected chi connectivity index (χ1v) is 22.5. The lowest BCUT2D eigenvalue weighted by atomic mass is 9.68. The fourth-order valence-electron chi connectivity index (χ4n) is 9.55. The molecule has 59 heavy (non-hydrogen) atoms. The van der Waals surface area contributed by atoms with Crippen LogP contribution in [0.4, 0.5) is 5.69 Å². The number of para-hydroxylation sites is 1. The Balaban J connectivity index is 1.32. The first-order chi connectivity index (χ1) is 28.4. The standard InChI is InChI=1S/C51H55NO6Si/c1-34-28-36(29-35(2)48(34)55)30-38(37-18-10-6-11-19-37)26-27-45(54)46-39(31-43-47(44(46)32-53)50(57)52(49(43)56)40-20-12-7-13-21-40)33-58-59(51(3,4)5,41-22-14-8-15-23-41)42-24-16-9-17-25-42/h6-25,28-30,43-45,47,53-55H,26-27,31-33H2,1-5H3/b38-30-/t43-,44+,45-,47-/m1/s1. The maximum absolute atomic E-state index is 14.4. The molecule has 0 radical (unpaired) electrons. The maximum atomic E-state index is 14.4. The summed E-state index contributed by atoms with van der Waals surface area (Å²) >= 11 is 0. The van der Waals surface area contributed by atoms with Crippen molar-refractivity contribution in [1.29, 1.82) is 0 Å². The highest BCUT2D eigenvalue weighted by Crippen LogP contribution is 2.48. The average Bonchev–Trinajstić information content (AvgIpc) is 3.49. The van der Waals surface area contributed by atoms with E-state index in [1.807, 2.05) is 98.8 Å². The fraction of sp³-hybridized carbons (Fsp3) is 0.294. The molecule has 7 rings (SSSR count). The van der Waals surface area contributed by atoms with E-state index in [-0.39, 0.29) is 35.6 Å². The van der Waals surface area contributed by atoms with Gasteiger partial charge in [0.1, 0.15) is 5.75 Å². The van der Waals surface area contributed by atoms with Crippen LogP contribution in [0.25, 0.3) is 11.6 Å². The first-order valence-electron chi connectivity index (χ1n) is 20.6. The average molecular weight is 806 g/mol. The third kappa shape index (κ3) is 8.15. The van der Waals surface area contributed by atoms with Crippen molar-refractivity contribution >= 4 is 47.8 Å². The monoisotopic (exact) mass is 805 g/mol. The van der Waals surface area contributed by atoms with Crippen LogP contribution < -0.4 is 15.3 Å². The second kappa shape index (κ2) is 17.5. The summed E-state index contributed by atoms with van der Waals surface area (Å²) in [5, 5.41) is 36.2.